The van der Waals surface area contributed by atoms with Crippen LogP contribution in [0.15, 0.2) is 29.2 Å². The Morgan fingerprint density at radius 2 is 1.75 bits per heavy atom. The van der Waals surface area contributed by atoms with Gasteiger partial charge in [0.15, 0.2) is 0 Å². The first-order valence-corrected chi connectivity index (χ1v) is 7.99. The number of benzene rings is 1. The summed E-state index contributed by atoms with van der Waals surface area (Å²) in [6.45, 7) is 0. The molecule has 1 rings (SSSR count). The topological polar surface area (TPSA) is 34.1 Å². The van der Waals surface area contributed by atoms with Crippen molar-refractivity contribution in [2.45, 2.75) is 9.32 Å². The molecule has 2 nitrogen and oxygen atoms in total. The first kappa shape index (κ1) is 10.5. The largest absolute Gasteiger partial charge is 0.237 e. The molecule has 0 heterocycles. The van der Waals surface area contributed by atoms with Gasteiger partial charge in [0.25, 0.3) is 0 Å². The van der Waals surface area contributed by atoms with Gasteiger partial charge in [0.05, 0.1) is 19.7 Å². The number of alkyl halides is 1. The van der Waals surface area contributed by atoms with Crippen LogP contribution in [0.2, 0.25) is 0 Å². The second-order valence-electron chi connectivity index (χ2n) is 2.22. The Morgan fingerprint density at radius 1 is 1.25 bits per heavy atom. The molecule has 0 bridgehead atoms. The van der Waals surface area contributed by atoms with E-state index < -0.39 is 8.27 Å². The monoisotopic (exact) mass is 360 g/mol. The fourth-order valence-corrected chi connectivity index (χ4v) is 2.36. The van der Waals surface area contributed by atoms with E-state index in [-0.39, 0.29) is 0 Å². The van der Waals surface area contributed by atoms with Gasteiger partial charge in [0.1, 0.15) is 0 Å². The average Bonchev–Trinajstić information content (AvgIpc) is 2.03. The van der Waals surface area contributed by atoms with Gasteiger partial charge in [-0.3, -0.25) is 0 Å². The van der Waals surface area contributed by atoms with Gasteiger partial charge in [-0.1, -0.05) is 34.7 Å². The summed E-state index contributed by atoms with van der Waals surface area (Å²) in [6, 6.07) is 6.80. The van der Waals surface area contributed by atoms with E-state index in [2.05, 4.69) is 37.4 Å². The fourth-order valence-electron chi connectivity index (χ4n) is 0.741. The van der Waals surface area contributed by atoms with Gasteiger partial charge in [-0.15, -0.1) is 0 Å². The maximum atomic E-state index is 10.9. The summed E-state index contributed by atoms with van der Waals surface area (Å²) >= 11 is 4.83. The van der Waals surface area contributed by atoms with Crippen LogP contribution >= 0.6 is 37.4 Å². The first-order chi connectivity index (χ1) is 5.54. The fraction of sp³-hybridized carbons (Fsp3) is 0.143. The van der Waals surface area contributed by atoms with E-state index in [1.54, 1.807) is 24.3 Å². The summed E-state index contributed by atoms with van der Waals surface area (Å²) in [5, 5.41) is 0. The van der Waals surface area contributed by atoms with Crippen LogP contribution in [0.5, 0.6) is 0 Å². The highest BCUT2D eigenvalue weighted by Crippen LogP contribution is 2.17. The maximum absolute atomic E-state index is 10.9. The van der Waals surface area contributed by atoms with E-state index in [1.165, 1.54) is 0 Å². The Balaban J connectivity index is 3.09. The quantitative estimate of drug-likeness (QED) is 0.461. The van der Waals surface area contributed by atoms with Crippen LogP contribution in [-0.2, 0) is 12.7 Å². The van der Waals surface area contributed by atoms with Crippen LogP contribution in [0.3, 0.4) is 0 Å². The number of halogens is 2. The highest BCUT2D eigenvalue weighted by Gasteiger charge is 2.07. The van der Waals surface area contributed by atoms with Crippen molar-refractivity contribution in [3.05, 3.63) is 29.8 Å². The van der Waals surface area contributed by atoms with E-state index in [1.807, 2.05) is 0 Å². The Hall–Kier alpha value is 0.380. The molecule has 0 radical (unpaired) electrons. The second-order valence-corrected chi connectivity index (χ2v) is 6.88. The molecule has 66 valence electrons. The summed E-state index contributed by atoms with van der Waals surface area (Å²) in [5.41, 5.74) is 1.12. The Morgan fingerprint density at radius 3 is 2.08 bits per heavy atom. The van der Waals surface area contributed by atoms with Crippen LogP contribution < -0.4 is 0 Å². The summed E-state index contributed by atoms with van der Waals surface area (Å²) in [6.07, 6.45) is 0. The minimum Gasteiger partial charge on any atom is -0.212 e. The van der Waals surface area contributed by atoms with Gasteiger partial charge in [0.2, 0.25) is 8.27 Å². The summed E-state index contributed by atoms with van der Waals surface area (Å²) < 4.78 is 22.8. The lowest BCUT2D eigenvalue weighted by atomic mass is 10.2. The molecule has 12 heavy (non-hydrogen) atoms. The van der Waals surface area contributed by atoms with Crippen LogP contribution in [0.25, 0.3) is 0 Å². The maximum Gasteiger partial charge on any atom is 0.237 e. The van der Waals surface area contributed by atoms with E-state index >= 15 is 0 Å². The molecule has 0 saturated carbocycles. The third-order valence-electron chi connectivity index (χ3n) is 1.36. The van der Waals surface area contributed by atoms with Crippen molar-refractivity contribution in [3.8, 4) is 0 Å². The van der Waals surface area contributed by atoms with Crippen molar-refractivity contribution in [3.63, 3.8) is 0 Å². The summed E-state index contributed by atoms with van der Waals surface area (Å²) in [7, 11) is -3.22. The Kier molecular flexibility index (Phi) is 3.54. The minimum atomic E-state index is -3.22. The molecule has 0 atom stereocenters. The highest BCUT2D eigenvalue weighted by molar-refractivity contribution is 14.1. The second kappa shape index (κ2) is 4.06. The van der Waals surface area contributed by atoms with Crippen molar-refractivity contribution in [2.75, 3.05) is 0 Å². The van der Waals surface area contributed by atoms with Gasteiger partial charge in [-0.05, 0) is 17.7 Å². The molecule has 0 aliphatic heterocycles. The molecular formula is C7H6BrIO2S. The molecule has 0 spiro atoms. The van der Waals surface area contributed by atoms with Crippen molar-refractivity contribution in [1.29, 1.82) is 0 Å². The van der Waals surface area contributed by atoms with Crippen molar-refractivity contribution in [2.24, 2.45) is 0 Å². The van der Waals surface area contributed by atoms with Crippen LogP contribution in [0, 0.1) is 0 Å². The smallest absolute Gasteiger partial charge is 0.212 e. The lowest BCUT2D eigenvalue weighted by molar-refractivity contribution is 0.611. The van der Waals surface area contributed by atoms with E-state index in [9.17, 15) is 8.42 Å². The zero-order valence-electron chi connectivity index (χ0n) is 6.00. The lowest BCUT2D eigenvalue weighted by Crippen LogP contribution is -1.89. The Labute approximate surface area is 92.6 Å². The minimum absolute atomic E-state index is 0.302. The van der Waals surface area contributed by atoms with E-state index in [0.717, 1.165) is 9.99 Å². The Bertz CT molecular complexity index is 357. The molecule has 1 aromatic rings. The molecule has 0 aromatic heterocycles. The normalized spacial score (nSPS) is 11.5. The van der Waals surface area contributed by atoms with Gasteiger partial charge in [0, 0.05) is 4.43 Å². The van der Waals surface area contributed by atoms with Crippen LogP contribution in [0.4, 0.5) is 0 Å². The predicted molar refractivity (Wildman–Crippen MR) is 60.3 cm³/mol. The van der Waals surface area contributed by atoms with Gasteiger partial charge >= 0.3 is 0 Å². The highest BCUT2D eigenvalue weighted by atomic mass is 127. The SMILES string of the molecule is O=S(=O)(Br)c1ccc(CI)cc1. The van der Waals surface area contributed by atoms with Crippen molar-refractivity contribution >= 4 is 45.7 Å². The number of rotatable bonds is 2. The van der Waals surface area contributed by atoms with E-state index in [0.29, 0.717) is 4.90 Å². The number of hydrogen-bond acceptors (Lipinski definition) is 2. The molecule has 0 N–H and O–H groups in total. The van der Waals surface area contributed by atoms with E-state index in [4.69, 9.17) is 0 Å². The zero-order valence-corrected chi connectivity index (χ0v) is 10.6. The van der Waals surface area contributed by atoms with Gasteiger partial charge < -0.3 is 0 Å². The van der Waals surface area contributed by atoms with Crippen LogP contribution in [0.1, 0.15) is 5.56 Å². The third kappa shape index (κ3) is 2.70. The molecule has 0 amide bonds. The molecule has 0 unspecified atom stereocenters. The molecule has 0 saturated heterocycles. The third-order valence-corrected chi connectivity index (χ3v) is 4.20. The van der Waals surface area contributed by atoms with Crippen molar-refractivity contribution in [1.82, 2.24) is 0 Å². The standard InChI is InChI=1S/C7H6BrIO2S/c8-12(10,11)7-3-1-6(5-9)2-4-7/h1-4H,5H2. The predicted octanol–water partition coefficient (Wildman–Crippen LogP) is 2.71. The summed E-state index contributed by atoms with van der Waals surface area (Å²) in [5.74, 6) is 0. The lowest BCUT2D eigenvalue weighted by Gasteiger charge is -1.97. The average molecular weight is 361 g/mol. The molecule has 0 fully saturated rings. The van der Waals surface area contributed by atoms with Gasteiger partial charge in [-0.2, -0.15) is 0 Å². The molecular weight excluding hydrogens is 355 g/mol. The molecule has 0 aliphatic rings. The number of hydrogen-bond donors (Lipinski definition) is 0. The molecule has 5 heteroatoms. The van der Waals surface area contributed by atoms with Crippen molar-refractivity contribution < 1.29 is 8.42 Å². The molecule has 0 aliphatic carbocycles. The summed E-state index contributed by atoms with van der Waals surface area (Å²) in [4.78, 5) is 0.302. The van der Waals surface area contributed by atoms with Crippen LogP contribution in [-0.4, -0.2) is 8.42 Å². The first-order valence-electron chi connectivity index (χ1n) is 3.13. The van der Waals surface area contributed by atoms with Gasteiger partial charge in [-0.25, -0.2) is 8.42 Å². The molecule has 1 aromatic carbocycles. The zero-order chi connectivity index (χ0) is 9.19.